The van der Waals surface area contributed by atoms with Crippen LogP contribution in [-0.2, 0) is 11.2 Å². The van der Waals surface area contributed by atoms with Gasteiger partial charge in [-0.1, -0.05) is 30.3 Å². The number of pyridine rings is 1. The lowest BCUT2D eigenvalue weighted by Crippen LogP contribution is -2.57. The first-order valence-corrected chi connectivity index (χ1v) is 7.45. The third kappa shape index (κ3) is 3.25. The van der Waals surface area contributed by atoms with Crippen LogP contribution in [0.3, 0.4) is 0 Å². The SMILES string of the molecule is O=C(Cc1ccccc1)N1N=C(c2ccncc2)C[C@]1(O)C(F)(F)F. The standard InChI is InChI=1S/C17H14F3N3O2/c18-17(19,20)16(25)11-14(13-6-8-21-9-7-13)22-23(16)15(24)10-12-4-2-1-3-5-12/h1-9,25H,10-11H2/t16-/m0/s1. The van der Waals surface area contributed by atoms with Gasteiger partial charge >= 0.3 is 6.18 Å². The topological polar surface area (TPSA) is 65.8 Å². The van der Waals surface area contributed by atoms with Crippen molar-refractivity contribution in [2.75, 3.05) is 0 Å². The molecule has 0 radical (unpaired) electrons. The van der Waals surface area contributed by atoms with Gasteiger partial charge in [0.25, 0.3) is 5.72 Å². The Hall–Kier alpha value is -2.74. The Morgan fingerprint density at radius 1 is 1.16 bits per heavy atom. The number of hydrazone groups is 1. The van der Waals surface area contributed by atoms with Crippen molar-refractivity contribution >= 4 is 11.6 Å². The Morgan fingerprint density at radius 3 is 2.40 bits per heavy atom. The average molecular weight is 349 g/mol. The van der Waals surface area contributed by atoms with Crippen molar-refractivity contribution in [1.29, 1.82) is 0 Å². The van der Waals surface area contributed by atoms with Crippen molar-refractivity contribution in [2.45, 2.75) is 24.7 Å². The molecule has 1 amide bonds. The molecule has 0 fully saturated rings. The molecule has 0 aliphatic carbocycles. The number of carbonyl (C=O) groups excluding carboxylic acids is 1. The zero-order valence-corrected chi connectivity index (χ0v) is 12.9. The third-order valence-corrected chi connectivity index (χ3v) is 3.89. The smallest absolute Gasteiger partial charge is 0.362 e. The molecule has 1 aliphatic rings. The normalized spacial score (nSPS) is 20.5. The maximum atomic E-state index is 13.5. The van der Waals surface area contributed by atoms with Crippen LogP contribution in [0, 0.1) is 0 Å². The number of aliphatic hydroxyl groups is 1. The van der Waals surface area contributed by atoms with Gasteiger partial charge in [-0.05, 0) is 17.7 Å². The van der Waals surface area contributed by atoms with E-state index in [2.05, 4.69) is 10.1 Å². The van der Waals surface area contributed by atoms with Crippen molar-refractivity contribution in [3.63, 3.8) is 0 Å². The van der Waals surface area contributed by atoms with Crippen LogP contribution in [0.25, 0.3) is 0 Å². The van der Waals surface area contributed by atoms with Crippen molar-refractivity contribution in [3.05, 3.63) is 66.0 Å². The summed E-state index contributed by atoms with van der Waals surface area (Å²) in [5.41, 5.74) is -2.49. The van der Waals surface area contributed by atoms with E-state index in [0.29, 0.717) is 11.1 Å². The molecule has 1 atom stereocenters. The van der Waals surface area contributed by atoms with E-state index in [1.54, 1.807) is 30.3 Å². The van der Waals surface area contributed by atoms with Crippen LogP contribution in [0.5, 0.6) is 0 Å². The highest BCUT2D eigenvalue weighted by atomic mass is 19.4. The lowest BCUT2D eigenvalue weighted by atomic mass is 10.0. The van der Waals surface area contributed by atoms with Crippen LogP contribution >= 0.6 is 0 Å². The zero-order chi connectivity index (χ0) is 18.1. The maximum absolute atomic E-state index is 13.5. The Balaban J connectivity index is 1.94. The summed E-state index contributed by atoms with van der Waals surface area (Å²) in [6, 6.07) is 11.3. The first kappa shape index (κ1) is 17.1. The summed E-state index contributed by atoms with van der Waals surface area (Å²) >= 11 is 0. The van der Waals surface area contributed by atoms with Crippen LogP contribution in [0.1, 0.15) is 17.5 Å². The van der Waals surface area contributed by atoms with E-state index in [-0.39, 0.29) is 17.1 Å². The summed E-state index contributed by atoms with van der Waals surface area (Å²) in [6.07, 6.45) is -3.37. The van der Waals surface area contributed by atoms with E-state index in [9.17, 15) is 23.1 Å². The lowest BCUT2D eigenvalue weighted by Gasteiger charge is -2.32. The molecule has 1 aliphatic heterocycles. The largest absolute Gasteiger partial charge is 0.438 e. The molecule has 130 valence electrons. The molecule has 5 nitrogen and oxygen atoms in total. The fraction of sp³-hybridized carbons (Fsp3) is 0.235. The second kappa shape index (κ2) is 6.29. The van der Waals surface area contributed by atoms with E-state index in [1.165, 1.54) is 24.5 Å². The molecule has 25 heavy (non-hydrogen) atoms. The molecule has 0 spiro atoms. The minimum absolute atomic E-state index is 0.0244. The van der Waals surface area contributed by atoms with Gasteiger partial charge in [-0.3, -0.25) is 9.78 Å². The van der Waals surface area contributed by atoms with Crippen LogP contribution in [0.4, 0.5) is 13.2 Å². The van der Waals surface area contributed by atoms with Gasteiger partial charge in [0.05, 0.1) is 18.6 Å². The molecule has 0 bridgehead atoms. The van der Waals surface area contributed by atoms with Gasteiger partial charge in [0.15, 0.2) is 0 Å². The molecule has 1 aromatic heterocycles. The van der Waals surface area contributed by atoms with Gasteiger partial charge in [0.2, 0.25) is 5.91 Å². The Bertz CT molecular complexity index is 794. The molecule has 8 heteroatoms. The number of aromatic nitrogens is 1. The molecule has 1 aromatic carbocycles. The number of halogens is 3. The van der Waals surface area contributed by atoms with Crippen molar-refractivity contribution in [2.24, 2.45) is 5.10 Å². The van der Waals surface area contributed by atoms with Gasteiger partial charge in [0.1, 0.15) is 0 Å². The Kier molecular flexibility index (Phi) is 4.30. The summed E-state index contributed by atoms with van der Waals surface area (Å²) in [5, 5.41) is 14.1. The average Bonchev–Trinajstić information content (AvgIpc) is 2.96. The molecular weight excluding hydrogens is 335 g/mol. The minimum atomic E-state index is -5.04. The van der Waals surface area contributed by atoms with Gasteiger partial charge in [-0.15, -0.1) is 0 Å². The van der Waals surface area contributed by atoms with E-state index in [0.717, 1.165) is 0 Å². The molecule has 2 heterocycles. The molecule has 0 unspecified atom stereocenters. The quantitative estimate of drug-likeness (QED) is 0.926. The number of hydrogen-bond donors (Lipinski definition) is 1. The van der Waals surface area contributed by atoms with Gasteiger partial charge in [0, 0.05) is 18.0 Å². The summed E-state index contributed by atoms with van der Waals surface area (Å²) in [7, 11) is 0. The predicted octanol–water partition coefficient (Wildman–Crippen LogP) is 2.51. The number of benzene rings is 1. The van der Waals surface area contributed by atoms with Crippen molar-refractivity contribution in [3.8, 4) is 0 Å². The zero-order valence-electron chi connectivity index (χ0n) is 12.9. The number of nitrogens with zero attached hydrogens (tertiary/aromatic N) is 3. The predicted molar refractivity (Wildman–Crippen MR) is 83.4 cm³/mol. The van der Waals surface area contributed by atoms with Crippen molar-refractivity contribution in [1.82, 2.24) is 9.99 Å². The van der Waals surface area contributed by atoms with Gasteiger partial charge < -0.3 is 5.11 Å². The molecule has 3 rings (SSSR count). The first-order valence-electron chi connectivity index (χ1n) is 7.45. The van der Waals surface area contributed by atoms with Crippen LogP contribution in [-0.4, -0.2) is 38.6 Å². The minimum Gasteiger partial charge on any atom is -0.362 e. The third-order valence-electron chi connectivity index (χ3n) is 3.89. The van der Waals surface area contributed by atoms with Gasteiger partial charge in [-0.2, -0.15) is 23.3 Å². The van der Waals surface area contributed by atoms with E-state index >= 15 is 0 Å². The maximum Gasteiger partial charge on any atom is 0.438 e. The van der Waals surface area contributed by atoms with Crippen molar-refractivity contribution < 1.29 is 23.1 Å². The second-order valence-corrected chi connectivity index (χ2v) is 5.64. The van der Waals surface area contributed by atoms with Crippen LogP contribution in [0.2, 0.25) is 0 Å². The highest BCUT2D eigenvalue weighted by molar-refractivity contribution is 6.03. The van der Waals surface area contributed by atoms with E-state index < -0.39 is 24.2 Å². The first-order chi connectivity index (χ1) is 11.8. The summed E-state index contributed by atoms with van der Waals surface area (Å²) in [6.45, 7) is 0. The molecule has 0 saturated carbocycles. The van der Waals surface area contributed by atoms with E-state index in [4.69, 9.17) is 0 Å². The molecule has 1 N–H and O–H groups in total. The number of rotatable bonds is 3. The fourth-order valence-electron chi connectivity index (χ4n) is 2.58. The summed E-state index contributed by atoms with van der Waals surface area (Å²) in [4.78, 5) is 16.2. The summed E-state index contributed by atoms with van der Waals surface area (Å²) in [5.74, 6) is -0.935. The number of hydrogen-bond acceptors (Lipinski definition) is 4. The summed E-state index contributed by atoms with van der Waals surface area (Å²) < 4.78 is 40.4. The van der Waals surface area contributed by atoms with Gasteiger partial charge in [-0.25, -0.2) is 0 Å². The second-order valence-electron chi connectivity index (χ2n) is 5.64. The molecular formula is C17H14F3N3O2. The Morgan fingerprint density at radius 2 is 1.80 bits per heavy atom. The Labute approximate surface area is 141 Å². The highest BCUT2D eigenvalue weighted by Gasteiger charge is 2.63. The number of amides is 1. The molecule has 2 aromatic rings. The highest BCUT2D eigenvalue weighted by Crippen LogP contribution is 2.41. The van der Waals surface area contributed by atoms with Crippen LogP contribution in [0.15, 0.2) is 60.0 Å². The van der Waals surface area contributed by atoms with Crippen LogP contribution < -0.4 is 0 Å². The fourth-order valence-corrected chi connectivity index (χ4v) is 2.58. The monoisotopic (exact) mass is 349 g/mol. The number of alkyl halides is 3. The number of carbonyl (C=O) groups is 1. The lowest BCUT2D eigenvalue weighted by molar-refractivity contribution is -0.302. The van der Waals surface area contributed by atoms with E-state index in [1.807, 2.05) is 0 Å². The molecule has 0 saturated heterocycles.